The predicted octanol–water partition coefficient (Wildman–Crippen LogP) is 1.13. The highest BCUT2D eigenvalue weighted by molar-refractivity contribution is 5.27. The van der Waals surface area contributed by atoms with Gasteiger partial charge in [0.1, 0.15) is 18.1 Å². The van der Waals surface area contributed by atoms with Gasteiger partial charge >= 0.3 is 5.65 Å². The van der Waals surface area contributed by atoms with Crippen molar-refractivity contribution in [3.63, 3.8) is 0 Å². The number of nitrogens with zero attached hydrogens (tertiary/aromatic N) is 2. The molecule has 0 bridgehead atoms. The van der Waals surface area contributed by atoms with Crippen LogP contribution in [0.3, 0.4) is 0 Å². The van der Waals surface area contributed by atoms with E-state index in [0.717, 1.165) is 5.65 Å². The Hall–Kier alpha value is -1.44. The molecule has 0 saturated carbocycles. The summed E-state index contributed by atoms with van der Waals surface area (Å²) < 4.78 is 2.06. The van der Waals surface area contributed by atoms with Gasteiger partial charge in [-0.15, -0.1) is 0 Å². The van der Waals surface area contributed by atoms with Gasteiger partial charge in [-0.1, -0.05) is 6.07 Å². The maximum Gasteiger partial charge on any atom is 0.327 e. The summed E-state index contributed by atoms with van der Waals surface area (Å²) in [6, 6.07) is 8.00. The lowest BCUT2D eigenvalue weighted by Crippen LogP contribution is -2.25. The molecule has 0 aliphatic heterocycles. The van der Waals surface area contributed by atoms with E-state index in [1.54, 1.807) is 6.20 Å². The van der Waals surface area contributed by atoms with Crippen LogP contribution in [-0.2, 0) is 0 Å². The molecule has 54 valence electrons. The molecule has 0 fully saturated rings. The Balaban J connectivity index is 2.91. The molecule has 2 aromatic heterocycles. The van der Waals surface area contributed by atoms with Crippen LogP contribution >= 0.6 is 0 Å². The zero-order chi connectivity index (χ0) is 7.68. The number of aryl methyl sites for hydroxylation is 1. The van der Waals surface area contributed by atoms with E-state index >= 15 is 0 Å². The number of fused-ring (bicyclic) bond motifs is 1. The lowest BCUT2D eigenvalue weighted by atomic mass is 10.3. The molecule has 0 radical (unpaired) electrons. The quantitative estimate of drug-likeness (QED) is 0.508. The first-order valence-corrected chi connectivity index (χ1v) is 3.60. The van der Waals surface area contributed by atoms with E-state index < -0.39 is 0 Å². The van der Waals surface area contributed by atoms with Gasteiger partial charge in [-0.25, -0.2) is 4.40 Å². The van der Waals surface area contributed by atoms with Crippen molar-refractivity contribution >= 4 is 5.65 Å². The highest BCUT2D eigenvalue weighted by Crippen LogP contribution is 1.93. The third-order valence-corrected chi connectivity index (χ3v) is 1.74. The molecule has 0 spiro atoms. The van der Waals surface area contributed by atoms with Crippen molar-refractivity contribution in [3.8, 4) is 0 Å². The summed E-state index contributed by atoms with van der Waals surface area (Å²) in [5.74, 6) is 0. The van der Waals surface area contributed by atoms with E-state index in [2.05, 4.69) is 22.4 Å². The SMILES string of the molecule is Cc1cccc2nccc[n+]12. The second kappa shape index (κ2) is 2.31. The Labute approximate surface area is 65.1 Å². The first kappa shape index (κ1) is 6.28. The molecule has 2 heterocycles. The predicted molar refractivity (Wildman–Crippen MR) is 42.1 cm³/mol. The van der Waals surface area contributed by atoms with Crippen molar-refractivity contribution in [2.45, 2.75) is 6.92 Å². The molecule has 2 nitrogen and oxygen atoms in total. The molecule has 0 aliphatic carbocycles. The fourth-order valence-corrected chi connectivity index (χ4v) is 1.16. The molecule has 0 aliphatic rings. The molecular formula is C9H9N2+. The topological polar surface area (TPSA) is 17.0 Å². The largest absolute Gasteiger partial charge is 0.327 e. The van der Waals surface area contributed by atoms with Gasteiger partial charge in [-0.3, -0.25) is 0 Å². The van der Waals surface area contributed by atoms with Crippen molar-refractivity contribution in [1.82, 2.24) is 4.98 Å². The van der Waals surface area contributed by atoms with Crippen LogP contribution in [0.2, 0.25) is 0 Å². The zero-order valence-corrected chi connectivity index (χ0v) is 6.36. The molecule has 0 amide bonds. The lowest BCUT2D eigenvalue weighted by molar-refractivity contribution is -0.522. The fourth-order valence-electron chi connectivity index (χ4n) is 1.16. The smallest absolute Gasteiger partial charge is 0.201 e. The van der Waals surface area contributed by atoms with E-state index in [4.69, 9.17) is 0 Å². The van der Waals surface area contributed by atoms with Gasteiger partial charge < -0.3 is 0 Å². The van der Waals surface area contributed by atoms with Crippen LogP contribution in [0.25, 0.3) is 5.65 Å². The first-order valence-electron chi connectivity index (χ1n) is 3.60. The molecule has 0 atom stereocenters. The van der Waals surface area contributed by atoms with Gasteiger partial charge in [-0.2, -0.15) is 0 Å². The van der Waals surface area contributed by atoms with E-state index in [1.165, 1.54) is 5.69 Å². The third kappa shape index (κ3) is 0.963. The number of pyridine rings is 1. The van der Waals surface area contributed by atoms with Gasteiger partial charge in [0.25, 0.3) is 0 Å². The molecule has 0 aromatic carbocycles. The minimum Gasteiger partial charge on any atom is -0.201 e. The highest BCUT2D eigenvalue weighted by atomic mass is 15.0. The fraction of sp³-hybridized carbons (Fsp3) is 0.111. The summed E-state index contributed by atoms with van der Waals surface area (Å²) in [5.41, 5.74) is 2.20. The maximum absolute atomic E-state index is 4.20. The summed E-state index contributed by atoms with van der Waals surface area (Å²) in [4.78, 5) is 4.20. The Bertz CT molecular complexity index is 377. The normalized spacial score (nSPS) is 10.3. The Morgan fingerprint density at radius 1 is 1.27 bits per heavy atom. The number of rotatable bonds is 0. The van der Waals surface area contributed by atoms with Crippen LogP contribution < -0.4 is 4.40 Å². The molecule has 2 rings (SSSR count). The summed E-state index contributed by atoms with van der Waals surface area (Å²) in [6.07, 6.45) is 3.81. The summed E-state index contributed by atoms with van der Waals surface area (Å²) in [7, 11) is 0. The van der Waals surface area contributed by atoms with Crippen molar-refractivity contribution in [2.24, 2.45) is 0 Å². The minimum absolute atomic E-state index is 0.993. The minimum atomic E-state index is 0.993. The second-order valence-corrected chi connectivity index (χ2v) is 2.52. The van der Waals surface area contributed by atoms with E-state index in [9.17, 15) is 0 Å². The van der Waals surface area contributed by atoms with Crippen LogP contribution in [0, 0.1) is 6.92 Å². The van der Waals surface area contributed by atoms with Crippen LogP contribution in [-0.4, -0.2) is 4.98 Å². The van der Waals surface area contributed by atoms with Gasteiger partial charge in [0.15, 0.2) is 0 Å². The van der Waals surface area contributed by atoms with Crippen molar-refractivity contribution < 1.29 is 4.40 Å². The van der Waals surface area contributed by atoms with Gasteiger partial charge in [0, 0.05) is 12.1 Å². The zero-order valence-electron chi connectivity index (χ0n) is 6.36. The monoisotopic (exact) mass is 145 g/mol. The average molecular weight is 145 g/mol. The highest BCUT2D eigenvalue weighted by Gasteiger charge is 2.00. The Morgan fingerprint density at radius 3 is 3.00 bits per heavy atom. The molecular weight excluding hydrogens is 136 g/mol. The molecule has 0 N–H and O–H groups in total. The molecule has 2 aromatic rings. The van der Waals surface area contributed by atoms with Gasteiger partial charge in [-0.05, 0) is 18.0 Å². The van der Waals surface area contributed by atoms with E-state index in [-0.39, 0.29) is 0 Å². The van der Waals surface area contributed by atoms with E-state index in [0.29, 0.717) is 0 Å². The Kier molecular flexibility index (Phi) is 1.32. The summed E-state index contributed by atoms with van der Waals surface area (Å²) in [5, 5.41) is 0. The molecule has 11 heavy (non-hydrogen) atoms. The van der Waals surface area contributed by atoms with Crippen LogP contribution in [0.15, 0.2) is 36.7 Å². The number of hydrogen-bond donors (Lipinski definition) is 0. The summed E-state index contributed by atoms with van der Waals surface area (Å²) >= 11 is 0. The third-order valence-electron chi connectivity index (χ3n) is 1.74. The van der Waals surface area contributed by atoms with Crippen LogP contribution in [0.5, 0.6) is 0 Å². The number of aromatic nitrogens is 2. The van der Waals surface area contributed by atoms with Gasteiger partial charge in [0.2, 0.25) is 0 Å². The van der Waals surface area contributed by atoms with E-state index in [1.807, 2.05) is 24.4 Å². The van der Waals surface area contributed by atoms with Crippen LogP contribution in [0.1, 0.15) is 5.69 Å². The standard InChI is InChI=1S/C9H9N2/c1-8-4-2-5-9-10-6-3-7-11(8)9/h2-7H,1H3/q+1. The maximum atomic E-state index is 4.20. The number of hydrogen-bond acceptors (Lipinski definition) is 1. The van der Waals surface area contributed by atoms with Crippen molar-refractivity contribution in [3.05, 3.63) is 42.4 Å². The van der Waals surface area contributed by atoms with Gasteiger partial charge in [0.05, 0.1) is 0 Å². The lowest BCUT2D eigenvalue weighted by Gasteiger charge is -1.92. The summed E-state index contributed by atoms with van der Waals surface area (Å²) in [6.45, 7) is 2.06. The first-order chi connectivity index (χ1) is 5.38. The van der Waals surface area contributed by atoms with Crippen molar-refractivity contribution in [1.29, 1.82) is 0 Å². The molecule has 0 saturated heterocycles. The average Bonchev–Trinajstić information content (AvgIpc) is 2.06. The Morgan fingerprint density at radius 2 is 2.18 bits per heavy atom. The van der Waals surface area contributed by atoms with Crippen LogP contribution in [0.4, 0.5) is 0 Å². The second-order valence-electron chi connectivity index (χ2n) is 2.52. The molecule has 2 heteroatoms. The molecule has 0 unspecified atom stereocenters. The van der Waals surface area contributed by atoms with Crippen molar-refractivity contribution in [2.75, 3.05) is 0 Å².